The van der Waals surface area contributed by atoms with E-state index in [1.807, 2.05) is 13.0 Å². The number of hydrogen-bond acceptors (Lipinski definition) is 2. The van der Waals surface area contributed by atoms with Crippen LogP contribution in [0.4, 0.5) is 0 Å². The fraction of sp³-hybridized carbons (Fsp3) is 0.222. The van der Waals surface area contributed by atoms with Gasteiger partial charge in [-0.1, -0.05) is 6.58 Å². The van der Waals surface area contributed by atoms with Crippen LogP contribution in [0.15, 0.2) is 35.5 Å². The summed E-state index contributed by atoms with van der Waals surface area (Å²) in [5.41, 5.74) is 13.5. The normalized spacial score (nSPS) is 18.7. The highest BCUT2D eigenvalue weighted by molar-refractivity contribution is 5.99. The second kappa shape index (κ2) is 2.95. The van der Waals surface area contributed by atoms with E-state index in [2.05, 4.69) is 6.58 Å². The largest absolute Gasteiger partial charge is 0.384 e. The fourth-order valence-corrected chi connectivity index (χ4v) is 1.15. The van der Waals surface area contributed by atoms with Gasteiger partial charge in [0.25, 0.3) is 0 Å². The molecule has 12 heavy (non-hydrogen) atoms. The van der Waals surface area contributed by atoms with Gasteiger partial charge in [0.1, 0.15) is 5.84 Å². The van der Waals surface area contributed by atoms with E-state index >= 15 is 0 Å². The molecule has 0 unspecified atom stereocenters. The first-order chi connectivity index (χ1) is 5.52. The molecule has 5 N–H and O–H groups in total. The minimum atomic E-state index is -0.0504. The van der Waals surface area contributed by atoms with E-state index in [0.29, 0.717) is 5.57 Å². The Bertz CT molecular complexity index is 295. The van der Waals surface area contributed by atoms with Crippen molar-refractivity contribution in [1.82, 2.24) is 0 Å². The highest BCUT2D eigenvalue weighted by Gasteiger charge is 2.14. The molecule has 64 valence electrons. The van der Waals surface area contributed by atoms with Gasteiger partial charge in [0.15, 0.2) is 0 Å². The zero-order valence-electron chi connectivity index (χ0n) is 7.09. The molecule has 3 heteroatoms. The second-order valence-electron chi connectivity index (χ2n) is 2.93. The van der Waals surface area contributed by atoms with Crippen LogP contribution in [0.5, 0.6) is 0 Å². The molecule has 0 saturated heterocycles. The van der Waals surface area contributed by atoms with Gasteiger partial charge in [0.05, 0.1) is 0 Å². The molecule has 0 spiro atoms. The molecule has 0 aromatic carbocycles. The Morgan fingerprint density at radius 2 is 2.17 bits per heavy atom. The fourth-order valence-electron chi connectivity index (χ4n) is 1.15. The number of allylic oxidation sites excluding steroid dienone is 1. The Morgan fingerprint density at radius 3 is 2.42 bits per heavy atom. The molecule has 0 saturated carbocycles. The molecule has 0 amide bonds. The predicted octanol–water partition coefficient (Wildman–Crippen LogP) is 0.692. The van der Waals surface area contributed by atoms with Gasteiger partial charge < -0.3 is 11.5 Å². The Hall–Kier alpha value is -1.35. The number of amidine groups is 1. The third-order valence-corrected chi connectivity index (χ3v) is 1.81. The van der Waals surface area contributed by atoms with Crippen molar-refractivity contribution < 1.29 is 0 Å². The summed E-state index contributed by atoms with van der Waals surface area (Å²) in [6, 6.07) is -0.0504. The van der Waals surface area contributed by atoms with Gasteiger partial charge >= 0.3 is 0 Å². The van der Waals surface area contributed by atoms with Crippen LogP contribution in [-0.4, -0.2) is 11.9 Å². The molecule has 1 atom stereocenters. The van der Waals surface area contributed by atoms with Gasteiger partial charge in [-0.25, -0.2) is 0 Å². The van der Waals surface area contributed by atoms with Gasteiger partial charge in [-0.2, -0.15) is 0 Å². The van der Waals surface area contributed by atoms with Crippen LogP contribution in [0.2, 0.25) is 0 Å². The third-order valence-electron chi connectivity index (χ3n) is 1.81. The molecule has 0 heterocycles. The lowest BCUT2D eigenvalue weighted by Crippen LogP contribution is -2.17. The summed E-state index contributed by atoms with van der Waals surface area (Å²) in [5, 5.41) is 7.20. The van der Waals surface area contributed by atoms with E-state index in [4.69, 9.17) is 16.9 Å². The molecule has 0 aromatic heterocycles. The molecule has 0 bridgehead atoms. The van der Waals surface area contributed by atoms with Crippen LogP contribution in [-0.2, 0) is 0 Å². The van der Waals surface area contributed by atoms with Crippen LogP contribution in [0.25, 0.3) is 0 Å². The summed E-state index contributed by atoms with van der Waals surface area (Å²) in [7, 11) is 0. The van der Waals surface area contributed by atoms with Crippen LogP contribution in [0.3, 0.4) is 0 Å². The van der Waals surface area contributed by atoms with E-state index in [0.717, 1.165) is 11.1 Å². The first kappa shape index (κ1) is 8.74. The maximum absolute atomic E-state index is 7.20. The molecule has 1 rings (SSSR count). The van der Waals surface area contributed by atoms with Crippen molar-refractivity contribution in [2.75, 3.05) is 0 Å². The quantitative estimate of drug-likeness (QED) is 0.414. The van der Waals surface area contributed by atoms with Gasteiger partial charge in [-0.05, 0) is 30.2 Å². The summed E-state index contributed by atoms with van der Waals surface area (Å²) in [4.78, 5) is 0. The summed E-state index contributed by atoms with van der Waals surface area (Å²) in [5.74, 6) is 0.0619. The Labute approximate surface area is 71.9 Å². The first-order valence-corrected chi connectivity index (χ1v) is 3.75. The summed E-state index contributed by atoms with van der Waals surface area (Å²) in [6.07, 6.45) is 3.59. The minimum Gasteiger partial charge on any atom is -0.384 e. The second-order valence-corrected chi connectivity index (χ2v) is 2.93. The zero-order chi connectivity index (χ0) is 9.30. The van der Waals surface area contributed by atoms with E-state index in [-0.39, 0.29) is 11.9 Å². The molecule has 0 fully saturated rings. The van der Waals surface area contributed by atoms with Crippen LogP contribution in [0, 0.1) is 5.41 Å². The number of nitrogens with one attached hydrogen (secondary N) is 1. The highest BCUT2D eigenvalue weighted by atomic mass is 14.7. The van der Waals surface area contributed by atoms with Gasteiger partial charge in [-0.3, -0.25) is 5.41 Å². The van der Waals surface area contributed by atoms with Crippen molar-refractivity contribution in [1.29, 1.82) is 5.41 Å². The highest BCUT2D eigenvalue weighted by Crippen LogP contribution is 2.23. The van der Waals surface area contributed by atoms with E-state index in [1.54, 1.807) is 6.08 Å². The van der Waals surface area contributed by atoms with Crippen molar-refractivity contribution in [2.45, 2.75) is 13.0 Å². The summed E-state index contributed by atoms with van der Waals surface area (Å²) < 4.78 is 0. The van der Waals surface area contributed by atoms with Crippen molar-refractivity contribution >= 4 is 5.84 Å². The molecule has 0 aromatic rings. The lowest BCUT2D eigenvalue weighted by atomic mass is 10.1. The summed E-state index contributed by atoms with van der Waals surface area (Å²) >= 11 is 0. The SMILES string of the molecule is C=C1C=C(C(=N)N)C=C1[C@@H](C)N. The Morgan fingerprint density at radius 1 is 1.58 bits per heavy atom. The van der Waals surface area contributed by atoms with Gasteiger partial charge in [-0.15, -0.1) is 0 Å². The minimum absolute atomic E-state index is 0.0504. The lowest BCUT2D eigenvalue weighted by Gasteiger charge is -2.06. The molecular weight excluding hydrogens is 150 g/mol. The average molecular weight is 163 g/mol. The van der Waals surface area contributed by atoms with E-state index < -0.39 is 0 Å². The maximum Gasteiger partial charge on any atom is 0.122 e. The molecule has 1 aliphatic carbocycles. The number of nitrogens with two attached hydrogens (primary N) is 2. The molecule has 0 radical (unpaired) electrons. The zero-order valence-corrected chi connectivity index (χ0v) is 7.09. The van der Waals surface area contributed by atoms with Crippen LogP contribution >= 0.6 is 0 Å². The third kappa shape index (κ3) is 1.46. The monoisotopic (exact) mass is 163 g/mol. The van der Waals surface area contributed by atoms with Gasteiger partial charge in [0, 0.05) is 11.6 Å². The van der Waals surface area contributed by atoms with Crippen molar-refractivity contribution in [3.8, 4) is 0 Å². The van der Waals surface area contributed by atoms with Crippen LogP contribution in [0.1, 0.15) is 6.92 Å². The number of hydrogen-bond donors (Lipinski definition) is 3. The Balaban J connectivity index is 2.94. The van der Waals surface area contributed by atoms with Crippen LogP contribution < -0.4 is 11.5 Å². The molecule has 1 aliphatic rings. The predicted molar refractivity (Wildman–Crippen MR) is 50.9 cm³/mol. The first-order valence-electron chi connectivity index (χ1n) is 3.75. The van der Waals surface area contributed by atoms with Crippen molar-refractivity contribution in [3.05, 3.63) is 35.5 Å². The van der Waals surface area contributed by atoms with Gasteiger partial charge in [0.2, 0.25) is 0 Å². The standard InChI is InChI=1S/C9H13N3/c1-5-3-7(9(11)12)4-8(5)6(2)10/h3-4,6H,1,10H2,2H3,(H3,11,12)/t6-/m1/s1. The smallest absolute Gasteiger partial charge is 0.122 e. The topological polar surface area (TPSA) is 75.9 Å². The Kier molecular flexibility index (Phi) is 2.15. The molecular formula is C9H13N3. The van der Waals surface area contributed by atoms with Crippen molar-refractivity contribution in [2.24, 2.45) is 11.5 Å². The summed E-state index contributed by atoms with van der Waals surface area (Å²) in [6.45, 7) is 5.70. The van der Waals surface area contributed by atoms with Crippen molar-refractivity contribution in [3.63, 3.8) is 0 Å². The van der Waals surface area contributed by atoms with E-state index in [9.17, 15) is 0 Å². The van der Waals surface area contributed by atoms with E-state index in [1.165, 1.54) is 0 Å². The maximum atomic E-state index is 7.20. The number of rotatable bonds is 2. The molecule has 0 aliphatic heterocycles. The average Bonchev–Trinajstić information content (AvgIpc) is 2.30. The lowest BCUT2D eigenvalue weighted by molar-refractivity contribution is 0.880. The molecule has 3 nitrogen and oxygen atoms in total.